The van der Waals surface area contributed by atoms with Crippen molar-refractivity contribution in [3.63, 3.8) is 0 Å². The van der Waals surface area contributed by atoms with Crippen molar-refractivity contribution in [3.05, 3.63) is 71.8 Å². The fraction of sp³-hybridized carbons (Fsp3) is 0.222. The van der Waals surface area contributed by atoms with Crippen molar-refractivity contribution in [2.24, 2.45) is 0 Å². The predicted molar refractivity (Wildman–Crippen MR) is 93.7 cm³/mol. The number of hydrogen-bond donors (Lipinski definition) is 1. The van der Waals surface area contributed by atoms with Crippen molar-refractivity contribution in [2.45, 2.75) is 18.6 Å². The molecular weight excluding hydrogens is 371 g/mol. The molecule has 1 aliphatic heterocycles. The minimum Gasteiger partial charge on any atom is -0.348 e. The first kappa shape index (κ1) is 16.7. The van der Waals surface area contributed by atoms with E-state index in [1.807, 2.05) is 35.4 Å². The minimum absolute atomic E-state index is 0.212. The maximum Gasteiger partial charge on any atom is 0.419 e. The van der Waals surface area contributed by atoms with Crippen LogP contribution in [0.3, 0.4) is 0 Å². The average Bonchev–Trinajstić information content (AvgIpc) is 3.33. The number of anilines is 1. The SMILES string of the molecule is FC(F)(F)c1cnc(N2CCc3[nH]cnc3[C@H]2c2cc3ccccn3n2)nc1. The van der Waals surface area contributed by atoms with Crippen LogP contribution in [0.4, 0.5) is 19.1 Å². The number of H-pyrrole nitrogens is 1. The van der Waals surface area contributed by atoms with Crippen LogP contribution in [-0.4, -0.2) is 36.1 Å². The maximum absolute atomic E-state index is 12.9. The molecule has 1 atom stereocenters. The Morgan fingerprint density at radius 1 is 1.11 bits per heavy atom. The summed E-state index contributed by atoms with van der Waals surface area (Å²) < 4.78 is 40.3. The highest BCUT2D eigenvalue weighted by Crippen LogP contribution is 2.36. The Kier molecular flexibility index (Phi) is 3.61. The van der Waals surface area contributed by atoms with Crippen LogP contribution in [0.25, 0.3) is 5.52 Å². The van der Waals surface area contributed by atoms with E-state index in [0.29, 0.717) is 13.0 Å². The van der Waals surface area contributed by atoms with Crippen LogP contribution < -0.4 is 4.90 Å². The smallest absolute Gasteiger partial charge is 0.348 e. The first-order valence-corrected chi connectivity index (χ1v) is 8.63. The molecule has 0 radical (unpaired) electrons. The molecule has 4 aromatic rings. The van der Waals surface area contributed by atoms with Gasteiger partial charge in [0.1, 0.15) is 6.04 Å². The average molecular weight is 385 g/mol. The van der Waals surface area contributed by atoms with Crippen LogP contribution >= 0.6 is 0 Å². The molecule has 1 aliphatic rings. The number of aromatic nitrogens is 6. The Balaban J connectivity index is 1.60. The quantitative estimate of drug-likeness (QED) is 0.574. The van der Waals surface area contributed by atoms with E-state index in [1.54, 1.807) is 10.8 Å². The Morgan fingerprint density at radius 3 is 2.68 bits per heavy atom. The maximum atomic E-state index is 12.9. The van der Waals surface area contributed by atoms with Crippen LogP contribution in [0.2, 0.25) is 0 Å². The van der Waals surface area contributed by atoms with Gasteiger partial charge in [0.2, 0.25) is 5.95 Å². The van der Waals surface area contributed by atoms with Crippen LogP contribution in [0.5, 0.6) is 0 Å². The zero-order valence-corrected chi connectivity index (χ0v) is 14.4. The predicted octanol–water partition coefficient (Wildman–Crippen LogP) is 3.02. The summed E-state index contributed by atoms with van der Waals surface area (Å²) in [6.07, 6.45) is 1.25. The second-order valence-electron chi connectivity index (χ2n) is 6.52. The fourth-order valence-corrected chi connectivity index (χ4v) is 3.50. The van der Waals surface area contributed by atoms with E-state index in [2.05, 4.69) is 25.0 Å². The van der Waals surface area contributed by atoms with Gasteiger partial charge in [0.25, 0.3) is 0 Å². The van der Waals surface area contributed by atoms with Crippen molar-refractivity contribution < 1.29 is 13.2 Å². The zero-order chi connectivity index (χ0) is 19.3. The van der Waals surface area contributed by atoms with Crippen LogP contribution in [0, 0.1) is 0 Å². The van der Waals surface area contributed by atoms with E-state index in [-0.39, 0.29) is 5.95 Å². The van der Waals surface area contributed by atoms with Crippen LogP contribution in [-0.2, 0) is 12.6 Å². The number of aromatic amines is 1. The van der Waals surface area contributed by atoms with Gasteiger partial charge in [-0.1, -0.05) is 6.07 Å². The molecule has 10 heteroatoms. The second-order valence-corrected chi connectivity index (χ2v) is 6.52. The highest BCUT2D eigenvalue weighted by Gasteiger charge is 2.36. The number of fused-ring (bicyclic) bond motifs is 2. The first-order chi connectivity index (χ1) is 13.5. The molecule has 5 rings (SSSR count). The molecule has 1 N–H and O–H groups in total. The van der Waals surface area contributed by atoms with E-state index in [9.17, 15) is 13.2 Å². The van der Waals surface area contributed by atoms with Crippen LogP contribution in [0.15, 0.2) is 49.2 Å². The van der Waals surface area contributed by atoms with Gasteiger partial charge < -0.3 is 9.88 Å². The third-order valence-corrected chi connectivity index (χ3v) is 4.82. The number of alkyl halides is 3. The molecule has 5 heterocycles. The fourth-order valence-electron chi connectivity index (χ4n) is 3.50. The number of pyridine rings is 1. The highest BCUT2D eigenvalue weighted by atomic mass is 19.4. The Bertz CT molecular complexity index is 1100. The number of nitrogens with one attached hydrogen (secondary N) is 1. The lowest BCUT2D eigenvalue weighted by Gasteiger charge is -2.33. The number of hydrogen-bond acceptors (Lipinski definition) is 5. The largest absolute Gasteiger partial charge is 0.419 e. The molecule has 4 aromatic heterocycles. The Labute approximate surface area is 156 Å². The van der Waals surface area contributed by atoms with Gasteiger partial charge in [-0.2, -0.15) is 18.3 Å². The van der Waals surface area contributed by atoms with Gasteiger partial charge in [-0.25, -0.2) is 19.5 Å². The topological polar surface area (TPSA) is 75.0 Å². The summed E-state index contributed by atoms with van der Waals surface area (Å²) in [5.41, 5.74) is 2.51. The summed E-state index contributed by atoms with van der Waals surface area (Å²) in [6.45, 7) is 0.527. The molecular formula is C18H14F3N7. The molecule has 7 nitrogen and oxygen atoms in total. The van der Waals surface area contributed by atoms with Crippen molar-refractivity contribution in [1.82, 2.24) is 29.5 Å². The molecule has 0 fully saturated rings. The van der Waals surface area contributed by atoms with Gasteiger partial charge >= 0.3 is 6.18 Å². The van der Waals surface area contributed by atoms with E-state index >= 15 is 0 Å². The highest BCUT2D eigenvalue weighted by molar-refractivity contribution is 5.52. The molecule has 28 heavy (non-hydrogen) atoms. The molecule has 0 aliphatic carbocycles. The van der Waals surface area contributed by atoms with Crippen molar-refractivity contribution in [2.75, 3.05) is 11.4 Å². The molecule has 142 valence electrons. The summed E-state index contributed by atoms with van der Waals surface area (Å²) in [5.74, 6) is 0.212. The summed E-state index contributed by atoms with van der Waals surface area (Å²) in [4.78, 5) is 17.4. The first-order valence-electron chi connectivity index (χ1n) is 8.63. The standard InChI is InChI=1S/C18H14F3N7/c19-18(20,21)11-8-22-17(23-9-11)27-6-4-13-15(25-10-24-13)16(27)14-7-12-3-1-2-5-28(12)26-14/h1-3,5,7-10,16H,4,6H2,(H,24,25)/t16-/m1/s1. The van der Waals surface area contributed by atoms with Crippen molar-refractivity contribution in [3.8, 4) is 0 Å². The number of imidazole rings is 1. The second kappa shape index (κ2) is 6.04. The van der Waals surface area contributed by atoms with Gasteiger partial charge in [-0.3, -0.25) is 0 Å². The third kappa shape index (κ3) is 2.68. The number of halogens is 3. The van der Waals surface area contributed by atoms with Crippen molar-refractivity contribution in [1.29, 1.82) is 0 Å². The van der Waals surface area contributed by atoms with Gasteiger partial charge in [-0.05, 0) is 18.2 Å². The molecule has 0 saturated carbocycles. The lowest BCUT2D eigenvalue weighted by molar-refractivity contribution is -0.138. The van der Waals surface area contributed by atoms with Gasteiger partial charge in [0, 0.05) is 37.3 Å². The normalized spacial score (nSPS) is 17.1. The summed E-state index contributed by atoms with van der Waals surface area (Å²) in [7, 11) is 0. The van der Waals surface area contributed by atoms with E-state index < -0.39 is 17.8 Å². The Morgan fingerprint density at radius 2 is 1.93 bits per heavy atom. The van der Waals surface area contributed by atoms with Gasteiger partial charge in [0.15, 0.2) is 0 Å². The summed E-state index contributed by atoms with van der Waals surface area (Å²) in [5, 5.41) is 4.63. The number of nitrogens with zero attached hydrogens (tertiary/aromatic N) is 6. The van der Waals surface area contributed by atoms with E-state index in [4.69, 9.17) is 0 Å². The number of rotatable bonds is 2. The molecule has 0 amide bonds. The lowest BCUT2D eigenvalue weighted by atomic mass is 10.0. The lowest BCUT2D eigenvalue weighted by Crippen LogP contribution is -2.37. The summed E-state index contributed by atoms with van der Waals surface area (Å²) >= 11 is 0. The van der Waals surface area contributed by atoms with Gasteiger partial charge in [-0.15, -0.1) is 0 Å². The molecule has 0 spiro atoms. The van der Waals surface area contributed by atoms with Gasteiger partial charge in [0.05, 0.1) is 28.8 Å². The minimum atomic E-state index is -4.48. The van der Waals surface area contributed by atoms with Crippen LogP contribution in [0.1, 0.15) is 28.7 Å². The monoisotopic (exact) mass is 385 g/mol. The zero-order valence-electron chi connectivity index (χ0n) is 14.4. The third-order valence-electron chi connectivity index (χ3n) is 4.82. The summed E-state index contributed by atoms with van der Waals surface area (Å²) in [6, 6.07) is 7.27. The van der Waals surface area contributed by atoms with Crippen molar-refractivity contribution >= 4 is 11.5 Å². The molecule has 0 saturated heterocycles. The molecule has 0 aromatic carbocycles. The Hall–Kier alpha value is -3.43. The van der Waals surface area contributed by atoms with E-state index in [1.165, 1.54) is 0 Å². The van der Waals surface area contributed by atoms with E-state index in [0.717, 1.165) is 35.0 Å². The molecule has 0 unspecified atom stereocenters. The molecule has 0 bridgehead atoms.